The summed E-state index contributed by atoms with van der Waals surface area (Å²) in [5.74, 6) is 0.319. The zero-order chi connectivity index (χ0) is 10.9. The first-order valence-electron chi connectivity index (χ1n) is 5.13. The van der Waals surface area contributed by atoms with Gasteiger partial charge >= 0.3 is 0 Å². The highest BCUT2D eigenvalue weighted by molar-refractivity contribution is 9.10. The number of thiophene rings is 1. The third kappa shape index (κ3) is 2.03. The van der Waals surface area contributed by atoms with Crippen molar-refractivity contribution in [3.05, 3.63) is 20.8 Å². The lowest BCUT2D eigenvalue weighted by Crippen LogP contribution is -2.45. The molecule has 2 nitrogen and oxygen atoms in total. The van der Waals surface area contributed by atoms with Gasteiger partial charge in [0.05, 0.1) is 0 Å². The minimum absolute atomic E-state index is 0.191. The van der Waals surface area contributed by atoms with Crippen LogP contribution in [0.15, 0.2) is 15.9 Å². The lowest BCUT2D eigenvalue weighted by Gasteiger charge is -2.39. The number of hydrogen-bond donors (Lipinski definition) is 1. The molecular weight excluding hydrogens is 274 g/mol. The molecule has 1 saturated carbocycles. The second-order valence-electron chi connectivity index (χ2n) is 4.13. The molecule has 1 fully saturated rings. The molecule has 82 valence electrons. The Labute approximate surface area is 102 Å². The molecule has 1 aliphatic rings. The second-order valence-corrected chi connectivity index (χ2v) is 5.98. The molecule has 0 amide bonds. The summed E-state index contributed by atoms with van der Waals surface area (Å²) in [4.78, 5) is 13.2. The van der Waals surface area contributed by atoms with Gasteiger partial charge in [-0.15, -0.1) is 11.3 Å². The quantitative estimate of drug-likeness (QED) is 0.925. The standard InChI is InChI=1S/C11H14BrNOS/c12-8-2-5-15-9(8)6-10(14)11(7-13)3-1-4-11/h2,5H,1,3-4,6-7,13H2. The molecule has 0 aliphatic heterocycles. The van der Waals surface area contributed by atoms with Crippen LogP contribution in [0.25, 0.3) is 0 Å². The van der Waals surface area contributed by atoms with Crippen LogP contribution in [0, 0.1) is 5.41 Å². The van der Waals surface area contributed by atoms with E-state index in [2.05, 4.69) is 15.9 Å². The van der Waals surface area contributed by atoms with E-state index < -0.39 is 0 Å². The normalized spacial score (nSPS) is 18.5. The lowest BCUT2D eigenvalue weighted by atomic mass is 9.65. The maximum Gasteiger partial charge on any atom is 0.145 e. The summed E-state index contributed by atoms with van der Waals surface area (Å²) >= 11 is 5.08. The molecule has 0 aromatic carbocycles. The van der Waals surface area contributed by atoms with Crippen molar-refractivity contribution in [2.24, 2.45) is 11.1 Å². The van der Waals surface area contributed by atoms with E-state index in [0.717, 1.165) is 28.6 Å². The van der Waals surface area contributed by atoms with E-state index in [9.17, 15) is 4.79 Å². The van der Waals surface area contributed by atoms with Crippen LogP contribution in [0.1, 0.15) is 24.1 Å². The molecule has 0 spiro atoms. The molecule has 15 heavy (non-hydrogen) atoms. The second kappa shape index (κ2) is 4.36. The SMILES string of the molecule is NCC1(C(=O)Cc2sccc2Br)CCC1. The zero-order valence-corrected chi connectivity index (χ0v) is 10.9. The van der Waals surface area contributed by atoms with E-state index in [1.807, 2.05) is 11.4 Å². The third-order valence-corrected chi connectivity index (χ3v) is 5.23. The summed E-state index contributed by atoms with van der Waals surface area (Å²) in [6.07, 6.45) is 3.64. The Bertz CT molecular complexity index is 365. The molecule has 0 unspecified atom stereocenters. The third-order valence-electron chi connectivity index (χ3n) is 3.31. The number of Topliss-reactive ketones (excluding diaryl/α,β-unsaturated/α-hetero) is 1. The largest absolute Gasteiger partial charge is 0.329 e. The van der Waals surface area contributed by atoms with Gasteiger partial charge < -0.3 is 5.73 Å². The highest BCUT2D eigenvalue weighted by atomic mass is 79.9. The highest BCUT2D eigenvalue weighted by Gasteiger charge is 2.42. The topological polar surface area (TPSA) is 43.1 Å². The minimum Gasteiger partial charge on any atom is -0.329 e. The number of halogens is 1. The monoisotopic (exact) mass is 287 g/mol. The molecule has 4 heteroatoms. The molecule has 2 N–H and O–H groups in total. The van der Waals surface area contributed by atoms with Crippen molar-refractivity contribution in [2.75, 3.05) is 6.54 Å². The molecule has 0 bridgehead atoms. The van der Waals surface area contributed by atoms with Crippen molar-refractivity contribution in [1.29, 1.82) is 0 Å². The molecule has 1 aromatic heterocycles. The maximum absolute atomic E-state index is 12.1. The van der Waals surface area contributed by atoms with Gasteiger partial charge in [-0.05, 0) is 40.2 Å². The van der Waals surface area contributed by atoms with E-state index >= 15 is 0 Å². The van der Waals surface area contributed by atoms with E-state index in [4.69, 9.17) is 5.73 Å². The average molecular weight is 288 g/mol. The van der Waals surface area contributed by atoms with Gasteiger partial charge in [-0.2, -0.15) is 0 Å². The molecule has 1 heterocycles. The van der Waals surface area contributed by atoms with E-state index in [-0.39, 0.29) is 5.41 Å². The van der Waals surface area contributed by atoms with Crippen molar-refractivity contribution >= 4 is 33.0 Å². The summed E-state index contributed by atoms with van der Waals surface area (Å²) < 4.78 is 1.05. The van der Waals surface area contributed by atoms with E-state index in [0.29, 0.717) is 18.7 Å². The summed E-state index contributed by atoms with van der Waals surface area (Å²) in [5, 5.41) is 2.00. The molecule has 0 atom stereocenters. The van der Waals surface area contributed by atoms with Gasteiger partial charge in [-0.3, -0.25) is 4.79 Å². The van der Waals surface area contributed by atoms with Crippen molar-refractivity contribution in [1.82, 2.24) is 0 Å². The molecule has 0 saturated heterocycles. The fraction of sp³-hybridized carbons (Fsp3) is 0.545. The maximum atomic E-state index is 12.1. The smallest absolute Gasteiger partial charge is 0.145 e. The van der Waals surface area contributed by atoms with Crippen molar-refractivity contribution < 1.29 is 4.79 Å². The van der Waals surface area contributed by atoms with E-state index in [1.165, 1.54) is 0 Å². The van der Waals surface area contributed by atoms with Gasteiger partial charge in [0.15, 0.2) is 0 Å². The Hall–Kier alpha value is -0.190. The van der Waals surface area contributed by atoms with Crippen LogP contribution in [0.2, 0.25) is 0 Å². The summed E-state index contributed by atoms with van der Waals surface area (Å²) in [7, 11) is 0. The fourth-order valence-corrected chi connectivity index (χ4v) is 3.48. The summed E-state index contributed by atoms with van der Waals surface area (Å²) in [6, 6.07) is 1.99. The van der Waals surface area contributed by atoms with Crippen molar-refractivity contribution in [3.8, 4) is 0 Å². The van der Waals surface area contributed by atoms with Gasteiger partial charge in [-0.1, -0.05) is 6.42 Å². The van der Waals surface area contributed by atoms with Gasteiger partial charge in [0.2, 0.25) is 0 Å². The first-order valence-corrected chi connectivity index (χ1v) is 6.80. The van der Waals surface area contributed by atoms with Crippen LogP contribution in [0.4, 0.5) is 0 Å². The number of nitrogens with two attached hydrogens (primary N) is 1. The van der Waals surface area contributed by atoms with Crippen LogP contribution in [-0.2, 0) is 11.2 Å². The Morgan fingerprint density at radius 2 is 2.33 bits per heavy atom. The van der Waals surface area contributed by atoms with Crippen LogP contribution in [-0.4, -0.2) is 12.3 Å². The van der Waals surface area contributed by atoms with E-state index in [1.54, 1.807) is 11.3 Å². The highest BCUT2D eigenvalue weighted by Crippen LogP contribution is 2.42. The van der Waals surface area contributed by atoms with Gasteiger partial charge in [0.1, 0.15) is 5.78 Å². The van der Waals surface area contributed by atoms with Crippen LogP contribution < -0.4 is 5.73 Å². The zero-order valence-electron chi connectivity index (χ0n) is 8.46. The molecule has 1 aliphatic carbocycles. The summed E-state index contributed by atoms with van der Waals surface area (Å²) in [5.41, 5.74) is 5.52. The van der Waals surface area contributed by atoms with Crippen LogP contribution in [0.3, 0.4) is 0 Å². The van der Waals surface area contributed by atoms with Crippen LogP contribution >= 0.6 is 27.3 Å². The molecule has 0 radical (unpaired) electrons. The number of ketones is 1. The lowest BCUT2D eigenvalue weighted by molar-refractivity contribution is -0.132. The molecular formula is C11H14BrNOS. The predicted octanol–water partition coefficient (Wildman–Crippen LogP) is 2.75. The number of rotatable bonds is 4. The Kier molecular flexibility index (Phi) is 3.28. The number of hydrogen-bond acceptors (Lipinski definition) is 3. The Morgan fingerprint density at radius 1 is 1.60 bits per heavy atom. The Morgan fingerprint density at radius 3 is 2.73 bits per heavy atom. The predicted molar refractivity (Wildman–Crippen MR) is 66.1 cm³/mol. The number of carbonyl (C=O) groups is 1. The fourth-order valence-electron chi connectivity index (χ4n) is 1.98. The van der Waals surface area contributed by atoms with Gasteiger partial charge in [-0.25, -0.2) is 0 Å². The van der Waals surface area contributed by atoms with Gasteiger partial charge in [0.25, 0.3) is 0 Å². The minimum atomic E-state index is -0.191. The van der Waals surface area contributed by atoms with Crippen molar-refractivity contribution in [2.45, 2.75) is 25.7 Å². The first-order chi connectivity index (χ1) is 7.18. The average Bonchev–Trinajstić information content (AvgIpc) is 2.51. The summed E-state index contributed by atoms with van der Waals surface area (Å²) in [6.45, 7) is 0.509. The molecule has 1 aromatic rings. The van der Waals surface area contributed by atoms with Gasteiger partial charge in [0, 0.05) is 27.7 Å². The Balaban J connectivity index is 2.07. The van der Waals surface area contributed by atoms with Crippen LogP contribution in [0.5, 0.6) is 0 Å². The first kappa shape index (κ1) is 11.3. The number of carbonyl (C=O) groups excluding carboxylic acids is 1. The molecule has 2 rings (SSSR count). The van der Waals surface area contributed by atoms with Crippen molar-refractivity contribution in [3.63, 3.8) is 0 Å².